The summed E-state index contributed by atoms with van der Waals surface area (Å²) in [7, 11) is 0. The van der Waals surface area contributed by atoms with Crippen LogP contribution in [0.15, 0.2) is 42.2 Å². The fourth-order valence-corrected chi connectivity index (χ4v) is 12.1. The normalized spacial score (nSPS) is 25.1. The summed E-state index contributed by atoms with van der Waals surface area (Å²) in [5.74, 6) is -0.993. The lowest BCUT2D eigenvalue weighted by Gasteiger charge is -2.35. The van der Waals surface area contributed by atoms with Gasteiger partial charge in [-0.1, -0.05) is 50.3 Å². The third kappa shape index (κ3) is 9.64. The van der Waals surface area contributed by atoms with Gasteiger partial charge in [-0.15, -0.1) is 16.4 Å². The number of piperazine rings is 1. The molecular formula is C49H62FN13O5S. The van der Waals surface area contributed by atoms with Gasteiger partial charge in [0.25, 0.3) is 0 Å². The van der Waals surface area contributed by atoms with E-state index in [-0.39, 0.29) is 60.6 Å². The number of hydrogen-bond acceptors (Lipinski definition) is 15. The number of likely N-dealkylation sites (tertiary alicyclic amines) is 1. The van der Waals surface area contributed by atoms with Crippen LogP contribution >= 0.6 is 11.3 Å². The average molecular weight is 964 g/mol. The highest BCUT2D eigenvalue weighted by molar-refractivity contribution is 7.13. The van der Waals surface area contributed by atoms with Gasteiger partial charge in [0.2, 0.25) is 17.7 Å². The number of aryl methyl sites for hydroxylation is 2. The maximum absolute atomic E-state index is 15.6. The number of ether oxygens (including phenoxy) is 1. The number of rotatable bonds is 14. The molecule has 69 heavy (non-hydrogen) atoms. The summed E-state index contributed by atoms with van der Waals surface area (Å²) in [5, 5.41) is 29.6. The summed E-state index contributed by atoms with van der Waals surface area (Å²) in [4.78, 5) is 66.9. The zero-order chi connectivity index (χ0) is 48.2. The Morgan fingerprint density at radius 2 is 1.81 bits per heavy atom. The smallest absolute Gasteiger partial charge is 0.319 e. The van der Waals surface area contributed by atoms with Gasteiger partial charge in [0.05, 0.1) is 57.5 Å². The highest BCUT2D eigenvalue weighted by Gasteiger charge is 2.50. The Bertz CT molecular complexity index is 2720. The number of halogens is 1. The van der Waals surface area contributed by atoms with Crippen molar-refractivity contribution in [2.45, 2.75) is 141 Å². The van der Waals surface area contributed by atoms with Gasteiger partial charge in [-0.3, -0.25) is 28.9 Å². The van der Waals surface area contributed by atoms with E-state index < -0.39 is 41.2 Å². The number of carbonyl (C=O) groups excluding carboxylic acids is 3. The highest BCUT2D eigenvalue weighted by atomic mass is 32.1. The molecule has 5 aliphatic rings. The van der Waals surface area contributed by atoms with Crippen LogP contribution in [0.5, 0.6) is 6.01 Å². The van der Waals surface area contributed by atoms with Gasteiger partial charge in [0.1, 0.15) is 30.0 Å². The molecule has 5 aromatic rings. The van der Waals surface area contributed by atoms with E-state index in [4.69, 9.17) is 9.72 Å². The van der Waals surface area contributed by atoms with Crippen LogP contribution in [0, 0.1) is 25.1 Å². The Labute approximate surface area is 404 Å². The van der Waals surface area contributed by atoms with Crippen molar-refractivity contribution in [3.05, 3.63) is 70.6 Å². The number of fused-ring (bicyclic) bond motifs is 4. The standard InChI is InChI=1S/C49H62FN13O5S/c1-28-40(50)41-37(20-51-28)44(60-21-32-11-12-33(22-60)54-32)57-47(56-41)68-26-49-14-6-16-63(49)35(13-15-49)24-61-23-34(58-59-61)17-39(65)55-43(48(3,4)5)46(67)62-25-36(64)18-38(62)45(66)52-19-30-7-9-31(10-8-30)42-29(2)53-27-69-42/h7-10,20,23,27,32-33,35-36,38,43,54,64H,6,11-19,21-22,24-26H2,1-5H3,(H,52,66)(H,55,65)/t32?,33?,35-,36+,38-,43+,49-/m1/s1. The van der Waals surface area contributed by atoms with Gasteiger partial charge < -0.3 is 35.6 Å². The molecule has 18 nitrogen and oxygen atoms in total. The van der Waals surface area contributed by atoms with E-state index in [1.54, 1.807) is 35.3 Å². The van der Waals surface area contributed by atoms with Gasteiger partial charge in [0.15, 0.2) is 5.82 Å². The van der Waals surface area contributed by atoms with Crippen molar-refractivity contribution in [2.75, 3.05) is 37.7 Å². The van der Waals surface area contributed by atoms with Crippen LogP contribution in [0.25, 0.3) is 21.3 Å². The van der Waals surface area contributed by atoms with Crippen LogP contribution in [-0.4, -0.2) is 142 Å². The highest BCUT2D eigenvalue weighted by Crippen LogP contribution is 2.43. The topological polar surface area (TPSA) is 209 Å². The predicted octanol–water partition coefficient (Wildman–Crippen LogP) is 3.86. The molecule has 5 fully saturated rings. The summed E-state index contributed by atoms with van der Waals surface area (Å²) < 4.78 is 23.9. The minimum atomic E-state index is -0.976. The number of aromatic nitrogens is 7. The van der Waals surface area contributed by atoms with Gasteiger partial charge in [-0.05, 0) is 75.5 Å². The lowest BCUT2D eigenvalue weighted by molar-refractivity contribution is -0.144. The third-order valence-electron chi connectivity index (χ3n) is 14.9. The second kappa shape index (κ2) is 18.9. The number of aliphatic hydroxyl groups excluding tert-OH is 1. The van der Waals surface area contributed by atoms with Crippen LogP contribution in [0.1, 0.15) is 88.4 Å². The molecule has 5 saturated heterocycles. The van der Waals surface area contributed by atoms with Crippen LogP contribution < -0.4 is 25.6 Å². The Hall–Kier alpha value is -5.70. The molecule has 2 bridgehead atoms. The van der Waals surface area contributed by atoms with E-state index >= 15 is 4.39 Å². The molecule has 7 atom stereocenters. The van der Waals surface area contributed by atoms with Gasteiger partial charge in [0, 0.05) is 63.1 Å². The molecule has 3 amide bonds. The first-order valence-electron chi connectivity index (χ1n) is 24.3. The van der Waals surface area contributed by atoms with Crippen molar-refractivity contribution in [1.82, 2.24) is 60.7 Å². The number of hydrogen-bond donors (Lipinski definition) is 4. The molecule has 0 saturated carbocycles. The molecule has 2 unspecified atom stereocenters. The van der Waals surface area contributed by atoms with Crippen molar-refractivity contribution in [1.29, 1.82) is 0 Å². The second-order valence-corrected chi connectivity index (χ2v) is 21.7. The Balaban J connectivity index is 0.751. The fourth-order valence-electron chi connectivity index (χ4n) is 11.3. The minimum absolute atomic E-state index is 0.0184. The number of nitrogens with one attached hydrogen (secondary N) is 3. The Morgan fingerprint density at radius 1 is 1.03 bits per heavy atom. The van der Waals surface area contributed by atoms with Gasteiger partial charge in [-0.2, -0.15) is 9.97 Å². The minimum Gasteiger partial charge on any atom is -0.461 e. The molecule has 10 rings (SSSR count). The number of pyridine rings is 1. The quantitative estimate of drug-likeness (QED) is 0.125. The zero-order valence-electron chi connectivity index (χ0n) is 40.0. The van der Waals surface area contributed by atoms with Gasteiger partial charge >= 0.3 is 6.01 Å². The molecule has 5 aliphatic heterocycles. The van der Waals surface area contributed by atoms with Gasteiger partial charge in [-0.25, -0.2) is 9.37 Å². The summed E-state index contributed by atoms with van der Waals surface area (Å²) in [5.41, 5.74) is 4.75. The Kier molecular flexibility index (Phi) is 12.9. The van der Waals surface area contributed by atoms with Crippen molar-refractivity contribution in [2.24, 2.45) is 5.41 Å². The molecule has 0 aliphatic carbocycles. The number of carbonyl (C=O) groups is 3. The average Bonchev–Trinajstić information content (AvgIpc) is 4.20. The first-order valence-corrected chi connectivity index (χ1v) is 25.2. The second-order valence-electron chi connectivity index (χ2n) is 20.8. The van der Waals surface area contributed by atoms with E-state index in [2.05, 4.69) is 51.0 Å². The first-order chi connectivity index (χ1) is 33.1. The lowest BCUT2D eigenvalue weighted by Crippen LogP contribution is -2.58. The Morgan fingerprint density at radius 3 is 2.55 bits per heavy atom. The zero-order valence-corrected chi connectivity index (χ0v) is 40.8. The molecule has 366 valence electrons. The summed E-state index contributed by atoms with van der Waals surface area (Å²) >= 11 is 1.58. The summed E-state index contributed by atoms with van der Waals surface area (Å²) in [6.07, 6.45) is 8.55. The van der Waals surface area contributed by atoms with Crippen LogP contribution in [0.3, 0.4) is 0 Å². The molecule has 4 aromatic heterocycles. The molecular weight excluding hydrogens is 902 g/mol. The largest absolute Gasteiger partial charge is 0.461 e. The number of thiazole rings is 1. The van der Waals surface area contributed by atoms with Crippen molar-refractivity contribution >= 4 is 45.8 Å². The summed E-state index contributed by atoms with van der Waals surface area (Å²) in [6.45, 7) is 12.8. The van der Waals surface area contributed by atoms with Crippen molar-refractivity contribution < 1.29 is 28.6 Å². The number of aliphatic hydroxyl groups is 1. The van der Waals surface area contributed by atoms with Crippen LogP contribution in [-0.2, 0) is 33.9 Å². The number of anilines is 1. The number of nitrogens with zero attached hydrogens (tertiary/aromatic N) is 10. The number of amides is 3. The van der Waals surface area contributed by atoms with E-state index in [0.29, 0.717) is 42.1 Å². The number of benzene rings is 1. The lowest BCUT2D eigenvalue weighted by atomic mass is 9.85. The molecule has 0 spiro atoms. The summed E-state index contributed by atoms with van der Waals surface area (Å²) in [6, 6.07) is 7.09. The molecule has 1 aromatic carbocycles. The van der Waals surface area contributed by atoms with E-state index in [0.717, 1.165) is 79.9 Å². The van der Waals surface area contributed by atoms with E-state index in [1.165, 1.54) is 4.90 Å². The fraction of sp³-hybridized carbons (Fsp3) is 0.571. The first kappa shape index (κ1) is 47.0. The maximum atomic E-state index is 15.6. The molecule has 20 heteroatoms. The predicted molar refractivity (Wildman–Crippen MR) is 257 cm³/mol. The molecule has 9 heterocycles. The SMILES string of the molecule is Cc1ncsc1-c1ccc(CNC(=O)[C@H]2C[C@H](O)CN2C(=O)[C@H](NC(=O)Cc2cn(C[C@H]3CC[C@@]4(COc5nc(N6CC7CCC(C6)N7)c6cnc(C)c(F)c6n5)CCCN34)nn2)C(C)(C)C)cc1. The van der Waals surface area contributed by atoms with Crippen LogP contribution in [0.2, 0.25) is 0 Å². The number of β-amino-alcohol motifs (C(OH)–C–C–N with tert-alkyl or cyclic N) is 1. The van der Waals surface area contributed by atoms with Crippen LogP contribution in [0.4, 0.5) is 10.2 Å². The van der Waals surface area contributed by atoms with E-state index in [9.17, 15) is 19.5 Å². The van der Waals surface area contributed by atoms with Crippen molar-refractivity contribution in [3.8, 4) is 16.5 Å². The van der Waals surface area contributed by atoms with E-state index in [1.807, 2.05) is 57.5 Å². The molecule has 0 radical (unpaired) electrons. The third-order valence-corrected chi connectivity index (χ3v) is 15.9. The van der Waals surface area contributed by atoms with Crippen molar-refractivity contribution in [3.63, 3.8) is 0 Å². The maximum Gasteiger partial charge on any atom is 0.319 e. The molecule has 4 N–H and O–H groups in total. The monoisotopic (exact) mass is 963 g/mol.